The summed E-state index contributed by atoms with van der Waals surface area (Å²) >= 11 is 0. The lowest BCUT2D eigenvalue weighted by atomic mass is 9.78. The molecular formula is C18H20N2O4. The molecular weight excluding hydrogens is 308 g/mol. The summed E-state index contributed by atoms with van der Waals surface area (Å²) in [6.45, 7) is 4.17. The zero-order valence-corrected chi connectivity index (χ0v) is 13.7. The highest BCUT2D eigenvalue weighted by molar-refractivity contribution is 5.38. The van der Waals surface area contributed by atoms with E-state index in [0.29, 0.717) is 0 Å². The Morgan fingerprint density at radius 1 is 0.708 bits per heavy atom. The van der Waals surface area contributed by atoms with Gasteiger partial charge in [0.05, 0.1) is 9.85 Å². The monoisotopic (exact) mass is 328 g/mol. The Hall–Kier alpha value is -2.76. The topological polar surface area (TPSA) is 86.3 Å². The van der Waals surface area contributed by atoms with E-state index in [1.807, 2.05) is 0 Å². The van der Waals surface area contributed by atoms with Gasteiger partial charge in [-0.1, -0.05) is 38.1 Å². The third kappa shape index (κ3) is 3.76. The number of hydrogen-bond donors (Lipinski definition) is 0. The van der Waals surface area contributed by atoms with E-state index in [9.17, 15) is 20.2 Å². The molecule has 2 aromatic rings. The lowest BCUT2D eigenvalue weighted by Gasteiger charge is -2.26. The van der Waals surface area contributed by atoms with E-state index in [-0.39, 0.29) is 23.2 Å². The van der Waals surface area contributed by atoms with Crippen molar-refractivity contribution in [1.82, 2.24) is 0 Å². The van der Waals surface area contributed by atoms with Crippen LogP contribution in [0.3, 0.4) is 0 Å². The SMILES string of the molecule is CCC(c1ccc([N+](=O)[O-])cc1)C(CC)c1ccc([N+](=O)[O-])cc1. The van der Waals surface area contributed by atoms with Crippen LogP contribution >= 0.6 is 0 Å². The Kier molecular flexibility index (Phi) is 5.63. The standard InChI is InChI=1S/C18H20N2O4/c1-3-17(13-5-9-15(10-6-13)19(21)22)18(4-2)14-7-11-16(12-8-14)20(23)24/h5-12,17-18H,3-4H2,1-2H3. The van der Waals surface area contributed by atoms with Crippen molar-refractivity contribution in [3.05, 3.63) is 79.9 Å². The Bertz CT molecular complexity index is 647. The molecule has 0 heterocycles. The molecule has 0 amide bonds. The van der Waals surface area contributed by atoms with Gasteiger partial charge in [-0.3, -0.25) is 20.2 Å². The molecule has 24 heavy (non-hydrogen) atoms. The Morgan fingerprint density at radius 2 is 1.00 bits per heavy atom. The fourth-order valence-electron chi connectivity index (χ4n) is 3.19. The first-order chi connectivity index (χ1) is 11.5. The van der Waals surface area contributed by atoms with Crippen molar-refractivity contribution in [3.63, 3.8) is 0 Å². The fourth-order valence-corrected chi connectivity index (χ4v) is 3.19. The maximum absolute atomic E-state index is 10.8. The molecule has 2 atom stereocenters. The number of nitro groups is 2. The smallest absolute Gasteiger partial charge is 0.258 e. The number of hydrogen-bond acceptors (Lipinski definition) is 4. The quantitative estimate of drug-likeness (QED) is 0.517. The summed E-state index contributed by atoms with van der Waals surface area (Å²) in [7, 11) is 0. The lowest BCUT2D eigenvalue weighted by Crippen LogP contribution is -2.10. The highest BCUT2D eigenvalue weighted by atomic mass is 16.6. The van der Waals surface area contributed by atoms with Gasteiger partial charge in [-0.25, -0.2) is 0 Å². The van der Waals surface area contributed by atoms with E-state index in [1.165, 1.54) is 24.3 Å². The van der Waals surface area contributed by atoms with Crippen molar-refractivity contribution in [2.24, 2.45) is 0 Å². The molecule has 6 heteroatoms. The molecule has 126 valence electrons. The van der Waals surface area contributed by atoms with E-state index in [1.54, 1.807) is 24.3 Å². The first-order valence-corrected chi connectivity index (χ1v) is 7.96. The van der Waals surface area contributed by atoms with Gasteiger partial charge in [0, 0.05) is 24.3 Å². The minimum atomic E-state index is -0.404. The molecule has 0 aliphatic rings. The van der Waals surface area contributed by atoms with Crippen LogP contribution in [-0.2, 0) is 0 Å². The zero-order chi connectivity index (χ0) is 17.7. The largest absolute Gasteiger partial charge is 0.269 e. The van der Waals surface area contributed by atoms with Gasteiger partial charge >= 0.3 is 0 Å². The highest BCUT2D eigenvalue weighted by Gasteiger charge is 2.23. The number of nitro benzene ring substituents is 2. The minimum Gasteiger partial charge on any atom is -0.258 e. The van der Waals surface area contributed by atoms with Gasteiger partial charge in [0.15, 0.2) is 0 Å². The molecule has 2 unspecified atom stereocenters. The second-order valence-electron chi connectivity index (χ2n) is 5.73. The van der Waals surface area contributed by atoms with Crippen molar-refractivity contribution >= 4 is 11.4 Å². The molecule has 0 fully saturated rings. The van der Waals surface area contributed by atoms with Gasteiger partial charge in [-0.2, -0.15) is 0 Å². The Balaban J connectivity index is 2.31. The number of nitrogens with zero attached hydrogens (tertiary/aromatic N) is 2. The normalized spacial score (nSPS) is 13.2. The summed E-state index contributed by atoms with van der Waals surface area (Å²) < 4.78 is 0. The van der Waals surface area contributed by atoms with Gasteiger partial charge in [0.2, 0.25) is 0 Å². The molecule has 0 aliphatic heterocycles. The van der Waals surface area contributed by atoms with Crippen LogP contribution in [0.15, 0.2) is 48.5 Å². The second-order valence-corrected chi connectivity index (χ2v) is 5.73. The molecule has 0 saturated heterocycles. The summed E-state index contributed by atoms with van der Waals surface area (Å²) in [5.41, 5.74) is 2.26. The molecule has 0 spiro atoms. The molecule has 2 aromatic carbocycles. The lowest BCUT2D eigenvalue weighted by molar-refractivity contribution is -0.385. The number of rotatable bonds is 7. The highest BCUT2D eigenvalue weighted by Crippen LogP contribution is 2.38. The van der Waals surface area contributed by atoms with Crippen LogP contribution in [0.1, 0.15) is 49.7 Å². The van der Waals surface area contributed by atoms with Gasteiger partial charge in [-0.05, 0) is 35.8 Å². The summed E-state index contributed by atoms with van der Waals surface area (Å²) in [6.07, 6.45) is 1.76. The molecule has 0 N–H and O–H groups in total. The van der Waals surface area contributed by atoms with Crippen molar-refractivity contribution in [1.29, 1.82) is 0 Å². The van der Waals surface area contributed by atoms with Crippen LogP contribution in [0.25, 0.3) is 0 Å². The van der Waals surface area contributed by atoms with Gasteiger partial charge in [0.25, 0.3) is 11.4 Å². The van der Waals surface area contributed by atoms with E-state index in [0.717, 1.165) is 24.0 Å². The first-order valence-electron chi connectivity index (χ1n) is 7.96. The Morgan fingerprint density at radius 3 is 1.21 bits per heavy atom. The molecule has 0 aromatic heterocycles. The van der Waals surface area contributed by atoms with Crippen LogP contribution in [0, 0.1) is 20.2 Å². The minimum absolute atomic E-state index is 0.0805. The number of benzene rings is 2. The van der Waals surface area contributed by atoms with Crippen molar-refractivity contribution in [2.75, 3.05) is 0 Å². The predicted octanol–water partition coefficient (Wildman–Crippen LogP) is 5.19. The van der Waals surface area contributed by atoms with Crippen molar-refractivity contribution < 1.29 is 9.85 Å². The average Bonchev–Trinajstić information content (AvgIpc) is 2.59. The molecule has 0 aliphatic carbocycles. The summed E-state index contributed by atoms with van der Waals surface area (Å²) in [5, 5.41) is 21.6. The maximum Gasteiger partial charge on any atom is 0.269 e. The van der Waals surface area contributed by atoms with Gasteiger partial charge in [0.1, 0.15) is 0 Å². The molecule has 6 nitrogen and oxygen atoms in total. The van der Waals surface area contributed by atoms with Crippen LogP contribution in [-0.4, -0.2) is 9.85 Å². The summed E-state index contributed by atoms with van der Waals surface area (Å²) in [4.78, 5) is 20.8. The van der Waals surface area contributed by atoms with E-state index >= 15 is 0 Å². The van der Waals surface area contributed by atoms with Gasteiger partial charge in [-0.15, -0.1) is 0 Å². The maximum atomic E-state index is 10.8. The predicted molar refractivity (Wildman–Crippen MR) is 92.3 cm³/mol. The summed E-state index contributed by atoms with van der Waals surface area (Å²) in [5.74, 6) is 0.412. The first kappa shape index (κ1) is 17.6. The number of non-ortho nitro benzene ring substituents is 2. The third-order valence-electron chi connectivity index (χ3n) is 4.43. The zero-order valence-electron chi connectivity index (χ0n) is 13.7. The summed E-state index contributed by atoms with van der Waals surface area (Å²) in [6, 6.07) is 13.3. The second kappa shape index (κ2) is 7.68. The Labute approximate surface area is 140 Å². The molecule has 0 bridgehead atoms. The van der Waals surface area contributed by atoms with Crippen LogP contribution in [0.2, 0.25) is 0 Å². The third-order valence-corrected chi connectivity index (χ3v) is 4.43. The van der Waals surface area contributed by atoms with E-state index < -0.39 is 9.85 Å². The molecule has 0 radical (unpaired) electrons. The molecule has 2 rings (SSSR count). The van der Waals surface area contributed by atoms with E-state index in [4.69, 9.17) is 0 Å². The fraction of sp³-hybridized carbons (Fsp3) is 0.333. The molecule has 0 saturated carbocycles. The van der Waals surface area contributed by atoms with Gasteiger partial charge < -0.3 is 0 Å². The van der Waals surface area contributed by atoms with E-state index in [2.05, 4.69) is 13.8 Å². The van der Waals surface area contributed by atoms with Crippen molar-refractivity contribution in [2.45, 2.75) is 38.5 Å². The average molecular weight is 328 g/mol. The van der Waals surface area contributed by atoms with Crippen LogP contribution in [0.5, 0.6) is 0 Å². The van der Waals surface area contributed by atoms with Crippen LogP contribution in [0.4, 0.5) is 11.4 Å². The van der Waals surface area contributed by atoms with Crippen LogP contribution < -0.4 is 0 Å². The van der Waals surface area contributed by atoms with Crippen molar-refractivity contribution in [3.8, 4) is 0 Å².